The largest absolute Gasteiger partial charge is 0.342 e. The molecule has 24 heavy (non-hydrogen) atoms. The summed E-state index contributed by atoms with van der Waals surface area (Å²) < 4.78 is 0. The Labute approximate surface area is 143 Å². The second-order valence-corrected chi connectivity index (χ2v) is 6.79. The fourth-order valence-electron chi connectivity index (χ4n) is 3.61. The first kappa shape index (κ1) is 16.7. The van der Waals surface area contributed by atoms with Crippen molar-refractivity contribution >= 4 is 5.91 Å². The average molecular weight is 326 g/mol. The van der Waals surface area contributed by atoms with E-state index in [1.165, 1.54) is 12.0 Å². The van der Waals surface area contributed by atoms with Gasteiger partial charge >= 0.3 is 0 Å². The summed E-state index contributed by atoms with van der Waals surface area (Å²) in [4.78, 5) is 19.1. The highest BCUT2D eigenvalue weighted by atomic mass is 16.2. The van der Waals surface area contributed by atoms with Crippen molar-refractivity contribution in [2.24, 2.45) is 5.92 Å². The number of hydrogen-bond acceptors (Lipinski definition) is 3. The van der Waals surface area contributed by atoms with Gasteiger partial charge in [0.25, 0.3) is 0 Å². The van der Waals surface area contributed by atoms with Gasteiger partial charge in [0.1, 0.15) is 0 Å². The molecule has 3 rings (SSSR count). The van der Waals surface area contributed by atoms with Crippen LogP contribution in [0, 0.1) is 19.8 Å². The molecule has 5 nitrogen and oxygen atoms in total. The van der Waals surface area contributed by atoms with Crippen LogP contribution in [-0.2, 0) is 17.6 Å². The second-order valence-electron chi connectivity index (χ2n) is 6.79. The maximum Gasteiger partial charge on any atom is 0.222 e. The number of piperidine rings is 1. The number of likely N-dealkylation sites (tertiary alicyclic amines) is 1. The average Bonchev–Trinajstić information content (AvgIpc) is 2.92. The molecular weight excluding hydrogens is 300 g/mol. The van der Waals surface area contributed by atoms with Crippen LogP contribution in [0.15, 0.2) is 24.4 Å². The van der Waals surface area contributed by atoms with Gasteiger partial charge in [-0.1, -0.05) is 6.07 Å². The van der Waals surface area contributed by atoms with Crippen molar-refractivity contribution in [2.45, 2.75) is 46.0 Å². The van der Waals surface area contributed by atoms with E-state index in [-0.39, 0.29) is 5.91 Å². The predicted octanol–water partition coefficient (Wildman–Crippen LogP) is 2.84. The molecule has 1 aliphatic rings. The monoisotopic (exact) mass is 326 g/mol. The Morgan fingerprint density at radius 1 is 1.38 bits per heavy atom. The Morgan fingerprint density at radius 3 is 2.96 bits per heavy atom. The number of carbonyl (C=O) groups excluding carboxylic acids is 1. The van der Waals surface area contributed by atoms with Gasteiger partial charge in [0.2, 0.25) is 5.91 Å². The Bertz CT molecular complexity index is 660. The third-order valence-corrected chi connectivity index (χ3v) is 4.97. The molecule has 1 atom stereocenters. The zero-order valence-corrected chi connectivity index (χ0v) is 14.6. The third-order valence-electron chi connectivity index (χ3n) is 4.97. The lowest BCUT2D eigenvalue weighted by molar-refractivity contribution is -0.133. The second kappa shape index (κ2) is 7.60. The molecule has 0 aliphatic carbocycles. The summed E-state index contributed by atoms with van der Waals surface area (Å²) in [5, 5.41) is 7.20. The molecule has 3 heterocycles. The van der Waals surface area contributed by atoms with Crippen LogP contribution < -0.4 is 0 Å². The van der Waals surface area contributed by atoms with Gasteiger partial charge < -0.3 is 4.90 Å². The summed E-state index contributed by atoms with van der Waals surface area (Å²) in [5.74, 6) is 0.788. The molecule has 1 N–H and O–H groups in total. The number of aryl methyl sites for hydroxylation is 2. The molecule has 2 aromatic heterocycles. The Kier molecular flexibility index (Phi) is 5.28. The van der Waals surface area contributed by atoms with E-state index in [2.05, 4.69) is 21.2 Å². The number of pyridine rings is 1. The molecule has 0 aromatic carbocycles. The minimum absolute atomic E-state index is 0.265. The fraction of sp³-hybridized carbons (Fsp3) is 0.526. The van der Waals surface area contributed by atoms with E-state index in [0.29, 0.717) is 12.3 Å². The van der Waals surface area contributed by atoms with Crippen LogP contribution in [0.2, 0.25) is 0 Å². The lowest BCUT2D eigenvalue weighted by atomic mass is 9.93. The van der Waals surface area contributed by atoms with Crippen LogP contribution in [0.1, 0.15) is 41.9 Å². The summed E-state index contributed by atoms with van der Waals surface area (Å²) in [6.45, 7) is 5.76. The number of rotatable bonds is 5. The number of carbonyl (C=O) groups is 1. The van der Waals surface area contributed by atoms with Crippen molar-refractivity contribution in [2.75, 3.05) is 13.1 Å². The van der Waals surface area contributed by atoms with E-state index in [0.717, 1.165) is 49.4 Å². The number of nitrogens with zero attached hydrogens (tertiary/aromatic N) is 3. The van der Waals surface area contributed by atoms with Gasteiger partial charge in [0.15, 0.2) is 0 Å². The fourth-order valence-corrected chi connectivity index (χ4v) is 3.61. The number of nitrogens with one attached hydrogen (secondary N) is 1. The summed E-state index contributed by atoms with van der Waals surface area (Å²) in [5.41, 5.74) is 4.39. The normalized spacial score (nSPS) is 17.9. The summed E-state index contributed by atoms with van der Waals surface area (Å²) in [6.07, 6.45) is 6.42. The first-order valence-corrected chi connectivity index (χ1v) is 8.81. The number of H-pyrrole nitrogens is 1. The van der Waals surface area contributed by atoms with E-state index < -0.39 is 0 Å². The van der Waals surface area contributed by atoms with Crippen molar-refractivity contribution in [1.29, 1.82) is 0 Å². The molecule has 0 saturated carbocycles. The number of amides is 1. The summed E-state index contributed by atoms with van der Waals surface area (Å²) >= 11 is 0. The first-order chi connectivity index (χ1) is 11.6. The minimum Gasteiger partial charge on any atom is -0.342 e. The maximum absolute atomic E-state index is 12.6. The highest BCUT2D eigenvalue weighted by Crippen LogP contribution is 2.21. The number of aromatic nitrogens is 3. The van der Waals surface area contributed by atoms with Gasteiger partial charge in [-0.2, -0.15) is 5.10 Å². The lowest BCUT2D eigenvalue weighted by Crippen LogP contribution is -2.40. The molecule has 1 aliphatic heterocycles. The quantitative estimate of drug-likeness (QED) is 0.919. The Hall–Kier alpha value is -2.17. The van der Waals surface area contributed by atoms with Gasteiger partial charge in [0, 0.05) is 37.1 Å². The molecule has 5 heteroatoms. The smallest absolute Gasteiger partial charge is 0.222 e. The molecule has 1 unspecified atom stereocenters. The van der Waals surface area contributed by atoms with Gasteiger partial charge in [-0.15, -0.1) is 0 Å². The van der Waals surface area contributed by atoms with E-state index >= 15 is 0 Å². The van der Waals surface area contributed by atoms with Crippen LogP contribution in [0.5, 0.6) is 0 Å². The van der Waals surface area contributed by atoms with Crippen molar-refractivity contribution in [1.82, 2.24) is 20.1 Å². The molecule has 0 bridgehead atoms. The van der Waals surface area contributed by atoms with Crippen molar-refractivity contribution in [3.63, 3.8) is 0 Å². The van der Waals surface area contributed by atoms with Crippen molar-refractivity contribution in [3.05, 3.63) is 47.0 Å². The van der Waals surface area contributed by atoms with Gasteiger partial charge in [-0.25, -0.2) is 0 Å². The highest BCUT2D eigenvalue weighted by molar-refractivity contribution is 5.76. The molecular formula is C19H26N4O. The molecule has 2 aromatic rings. The van der Waals surface area contributed by atoms with Crippen LogP contribution >= 0.6 is 0 Å². The van der Waals surface area contributed by atoms with E-state index in [1.54, 1.807) is 0 Å². The van der Waals surface area contributed by atoms with Crippen LogP contribution in [0.3, 0.4) is 0 Å². The molecule has 128 valence electrons. The SMILES string of the molecule is Cc1n[nH]c(C)c1CCC(=O)N1CCCC(Cc2ccccn2)C1. The Balaban J connectivity index is 1.53. The number of hydrogen-bond donors (Lipinski definition) is 1. The van der Waals surface area contributed by atoms with Gasteiger partial charge in [-0.05, 0) is 63.1 Å². The zero-order chi connectivity index (χ0) is 16.9. The van der Waals surface area contributed by atoms with Crippen molar-refractivity contribution in [3.8, 4) is 0 Å². The predicted molar refractivity (Wildman–Crippen MR) is 93.6 cm³/mol. The van der Waals surface area contributed by atoms with E-state index in [1.807, 2.05) is 37.1 Å². The third kappa shape index (κ3) is 4.02. The van der Waals surface area contributed by atoms with Gasteiger partial charge in [0.05, 0.1) is 5.69 Å². The molecule has 1 amide bonds. The molecule has 1 fully saturated rings. The maximum atomic E-state index is 12.6. The zero-order valence-electron chi connectivity index (χ0n) is 14.6. The first-order valence-electron chi connectivity index (χ1n) is 8.81. The molecule has 1 saturated heterocycles. The molecule has 0 radical (unpaired) electrons. The number of aromatic amines is 1. The standard InChI is InChI=1S/C19H26N4O/c1-14-18(15(2)22-21-14)8-9-19(24)23-11-5-6-16(13-23)12-17-7-3-4-10-20-17/h3-4,7,10,16H,5-6,8-9,11-13H2,1-2H3,(H,21,22). The summed E-state index contributed by atoms with van der Waals surface area (Å²) in [6, 6.07) is 6.05. The van der Waals surface area contributed by atoms with Crippen molar-refractivity contribution < 1.29 is 4.79 Å². The highest BCUT2D eigenvalue weighted by Gasteiger charge is 2.24. The van der Waals surface area contributed by atoms with E-state index in [4.69, 9.17) is 0 Å². The van der Waals surface area contributed by atoms with Crippen LogP contribution in [0.25, 0.3) is 0 Å². The lowest BCUT2D eigenvalue weighted by Gasteiger charge is -2.33. The van der Waals surface area contributed by atoms with Gasteiger partial charge in [-0.3, -0.25) is 14.9 Å². The minimum atomic E-state index is 0.265. The summed E-state index contributed by atoms with van der Waals surface area (Å²) in [7, 11) is 0. The Morgan fingerprint density at radius 2 is 2.25 bits per heavy atom. The molecule has 0 spiro atoms. The van der Waals surface area contributed by atoms with Crippen LogP contribution in [-0.4, -0.2) is 39.1 Å². The topological polar surface area (TPSA) is 61.9 Å². The van der Waals surface area contributed by atoms with Crippen LogP contribution in [0.4, 0.5) is 0 Å². The van der Waals surface area contributed by atoms with E-state index in [9.17, 15) is 4.79 Å².